The van der Waals surface area contributed by atoms with Gasteiger partial charge in [0.15, 0.2) is 23.0 Å². The second kappa shape index (κ2) is 9.04. The third-order valence-corrected chi connectivity index (χ3v) is 6.48. The average molecular weight is 468 g/mol. The van der Waals surface area contributed by atoms with Crippen LogP contribution in [0.15, 0.2) is 48.5 Å². The van der Waals surface area contributed by atoms with Gasteiger partial charge in [0.1, 0.15) is 0 Å². The van der Waals surface area contributed by atoms with Gasteiger partial charge in [-0.25, -0.2) is 0 Å². The van der Waals surface area contributed by atoms with Gasteiger partial charge in [0.05, 0.1) is 27.4 Å². The Hall–Kier alpha value is -3.09. The molecular weight excluding hydrogens is 442 g/mol. The zero-order valence-corrected chi connectivity index (χ0v) is 19.6. The molecule has 2 aliphatic heterocycles. The summed E-state index contributed by atoms with van der Waals surface area (Å²) in [7, 11) is 4.98. The van der Waals surface area contributed by atoms with Gasteiger partial charge in [0.25, 0.3) is 0 Å². The number of halogens is 1. The SMILES string of the molecule is COc1cc2c(cc1OC)[C@@H](c1cccc(Cl)c1)N(Cc1cc(OC)c3c(c1)OCO3)CC2. The first-order valence-corrected chi connectivity index (χ1v) is 11.2. The summed E-state index contributed by atoms with van der Waals surface area (Å²) >= 11 is 6.40. The van der Waals surface area contributed by atoms with Crippen molar-refractivity contribution in [3.63, 3.8) is 0 Å². The molecule has 172 valence electrons. The van der Waals surface area contributed by atoms with Crippen molar-refractivity contribution in [2.45, 2.75) is 19.0 Å². The number of nitrogens with zero attached hydrogens (tertiary/aromatic N) is 1. The van der Waals surface area contributed by atoms with Gasteiger partial charge < -0.3 is 23.7 Å². The van der Waals surface area contributed by atoms with Crippen molar-refractivity contribution in [2.24, 2.45) is 0 Å². The second-order valence-electron chi connectivity index (χ2n) is 8.12. The molecule has 0 amide bonds. The molecule has 0 fully saturated rings. The van der Waals surface area contributed by atoms with Gasteiger partial charge in [-0.3, -0.25) is 4.90 Å². The maximum Gasteiger partial charge on any atom is 0.231 e. The van der Waals surface area contributed by atoms with Crippen molar-refractivity contribution in [3.05, 3.63) is 75.8 Å². The van der Waals surface area contributed by atoms with Crippen molar-refractivity contribution < 1.29 is 23.7 Å². The summed E-state index contributed by atoms with van der Waals surface area (Å²) < 4.78 is 27.9. The Morgan fingerprint density at radius 1 is 0.939 bits per heavy atom. The van der Waals surface area contributed by atoms with Crippen LogP contribution in [-0.2, 0) is 13.0 Å². The molecule has 0 aliphatic carbocycles. The molecule has 3 aromatic carbocycles. The lowest BCUT2D eigenvalue weighted by molar-refractivity contribution is 0.171. The van der Waals surface area contributed by atoms with E-state index in [1.54, 1.807) is 21.3 Å². The largest absolute Gasteiger partial charge is 0.493 e. The number of hydrogen-bond donors (Lipinski definition) is 0. The van der Waals surface area contributed by atoms with Crippen LogP contribution in [0.2, 0.25) is 5.02 Å². The van der Waals surface area contributed by atoms with E-state index in [0.29, 0.717) is 28.8 Å². The summed E-state index contributed by atoms with van der Waals surface area (Å²) in [4.78, 5) is 2.44. The number of rotatable bonds is 6. The molecule has 7 heteroatoms. The molecule has 6 nitrogen and oxygen atoms in total. The Morgan fingerprint density at radius 2 is 1.73 bits per heavy atom. The van der Waals surface area contributed by atoms with Gasteiger partial charge in [-0.2, -0.15) is 0 Å². The van der Waals surface area contributed by atoms with E-state index in [1.165, 1.54) is 11.1 Å². The van der Waals surface area contributed by atoms with Crippen LogP contribution in [-0.4, -0.2) is 39.6 Å². The van der Waals surface area contributed by atoms with Crippen LogP contribution in [0.3, 0.4) is 0 Å². The quantitative estimate of drug-likeness (QED) is 0.494. The lowest BCUT2D eigenvalue weighted by Crippen LogP contribution is -2.35. The van der Waals surface area contributed by atoms with Gasteiger partial charge in [-0.05, 0) is 65.1 Å². The highest BCUT2D eigenvalue weighted by molar-refractivity contribution is 6.30. The molecule has 0 aromatic heterocycles. The fourth-order valence-electron chi connectivity index (χ4n) is 4.74. The standard InChI is InChI=1S/C26H26ClNO5/c1-29-21-12-17-7-8-28(14-16-9-23(31-3)26-24(10-16)32-15-33-26)25(20(17)13-22(21)30-2)18-5-4-6-19(27)11-18/h4-6,9-13,25H,7-8,14-15H2,1-3H3/t25-/m1/s1. The highest BCUT2D eigenvalue weighted by Gasteiger charge is 2.31. The van der Waals surface area contributed by atoms with Crippen LogP contribution in [0.4, 0.5) is 0 Å². The molecule has 3 aromatic rings. The number of benzene rings is 3. The van der Waals surface area contributed by atoms with E-state index >= 15 is 0 Å². The fourth-order valence-corrected chi connectivity index (χ4v) is 4.94. The first-order valence-electron chi connectivity index (χ1n) is 10.8. The normalized spacial score (nSPS) is 16.9. The van der Waals surface area contributed by atoms with Gasteiger partial charge in [0, 0.05) is 18.1 Å². The smallest absolute Gasteiger partial charge is 0.231 e. The summed E-state index contributed by atoms with van der Waals surface area (Å²) in [5, 5.41) is 0.713. The Labute approximate surface area is 198 Å². The van der Waals surface area contributed by atoms with Crippen LogP contribution in [0, 0.1) is 0 Å². The van der Waals surface area contributed by atoms with Crippen LogP contribution >= 0.6 is 11.6 Å². The molecule has 0 spiro atoms. The van der Waals surface area contributed by atoms with E-state index in [9.17, 15) is 0 Å². The molecule has 5 rings (SSSR count). The van der Waals surface area contributed by atoms with Gasteiger partial charge in [-0.1, -0.05) is 23.7 Å². The Morgan fingerprint density at radius 3 is 2.48 bits per heavy atom. The van der Waals surface area contributed by atoms with Gasteiger partial charge in [0.2, 0.25) is 12.5 Å². The fraction of sp³-hybridized carbons (Fsp3) is 0.308. The van der Waals surface area contributed by atoms with Crippen molar-refractivity contribution >= 4 is 11.6 Å². The van der Waals surface area contributed by atoms with Crippen LogP contribution in [0.25, 0.3) is 0 Å². The van der Waals surface area contributed by atoms with E-state index in [-0.39, 0.29) is 12.8 Å². The van der Waals surface area contributed by atoms with Gasteiger partial charge >= 0.3 is 0 Å². The molecule has 2 aliphatic rings. The topological polar surface area (TPSA) is 49.4 Å². The highest BCUT2D eigenvalue weighted by atomic mass is 35.5. The molecule has 0 unspecified atom stereocenters. The Balaban J connectivity index is 1.58. The molecular formula is C26H26ClNO5. The zero-order chi connectivity index (χ0) is 22.9. The molecule has 0 radical (unpaired) electrons. The maximum atomic E-state index is 6.40. The van der Waals surface area contributed by atoms with Crippen LogP contribution in [0.1, 0.15) is 28.3 Å². The summed E-state index contributed by atoms with van der Waals surface area (Å²) in [5.41, 5.74) is 4.65. The molecule has 0 bridgehead atoms. The Bertz CT molecular complexity index is 1180. The molecule has 33 heavy (non-hydrogen) atoms. The maximum absolute atomic E-state index is 6.40. The second-order valence-corrected chi connectivity index (χ2v) is 8.55. The van der Waals surface area contributed by atoms with Crippen molar-refractivity contribution in [3.8, 4) is 28.7 Å². The summed E-state index contributed by atoms with van der Waals surface area (Å²) in [6, 6.07) is 16.3. The van der Waals surface area contributed by atoms with Crippen LogP contribution < -0.4 is 23.7 Å². The van der Waals surface area contributed by atoms with Crippen molar-refractivity contribution in [1.29, 1.82) is 0 Å². The molecule has 0 N–H and O–H groups in total. The van der Waals surface area contributed by atoms with Crippen molar-refractivity contribution in [1.82, 2.24) is 4.90 Å². The van der Waals surface area contributed by atoms with Crippen LogP contribution in [0.5, 0.6) is 28.7 Å². The number of hydrogen-bond acceptors (Lipinski definition) is 6. The number of methoxy groups -OCH3 is 3. The minimum atomic E-state index is 0.00340. The molecule has 0 saturated heterocycles. The van der Waals surface area contributed by atoms with E-state index < -0.39 is 0 Å². The van der Waals surface area contributed by atoms with Crippen molar-refractivity contribution in [2.75, 3.05) is 34.7 Å². The minimum Gasteiger partial charge on any atom is -0.493 e. The summed E-state index contributed by atoms with van der Waals surface area (Å²) in [6.45, 7) is 1.79. The number of ether oxygens (including phenoxy) is 5. The monoisotopic (exact) mass is 467 g/mol. The van der Waals surface area contributed by atoms with Gasteiger partial charge in [-0.15, -0.1) is 0 Å². The van der Waals surface area contributed by atoms with E-state index in [1.807, 2.05) is 30.3 Å². The van der Waals surface area contributed by atoms with E-state index in [0.717, 1.165) is 35.6 Å². The zero-order valence-electron chi connectivity index (χ0n) is 18.9. The predicted octanol–water partition coefficient (Wildman–Crippen LogP) is 5.24. The lowest BCUT2D eigenvalue weighted by Gasteiger charge is -2.38. The van der Waals surface area contributed by atoms with E-state index in [4.69, 9.17) is 35.3 Å². The number of fused-ring (bicyclic) bond motifs is 2. The van der Waals surface area contributed by atoms with E-state index in [2.05, 4.69) is 23.1 Å². The predicted molar refractivity (Wildman–Crippen MR) is 126 cm³/mol. The summed E-state index contributed by atoms with van der Waals surface area (Å²) in [5.74, 6) is 3.52. The highest BCUT2D eigenvalue weighted by Crippen LogP contribution is 2.45. The third-order valence-electron chi connectivity index (χ3n) is 6.24. The molecule has 1 atom stereocenters. The first kappa shape index (κ1) is 21.7. The minimum absolute atomic E-state index is 0.00340. The Kier molecular flexibility index (Phi) is 5.96. The summed E-state index contributed by atoms with van der Waals surface area (Å²) in [6.07, 6.45) is 0.897. The first-order chi connectivity index (χ1) is 16.1. The third kappa shape index (κ3) is 4.05. The molecule has 0 saturated carbocycles. The average Bonchev–Trinajstić information content (AvgIpc) is 3.31. The molecule has 2 heterocycles. The lowest BCUT2D eigenvalue weighted by atomic mass is 9.87.